The summed E-state index contributed by atoms with van der Waals surface area (Å²) in [5, 5.41) is 2.64. The number of methoxy groups -OCH3 is 1. The van der Waals surface area contributed by atoms with E-state index in [0.29, 0.717) is 17.8 Å². The first-order valence-electron chi connectivity index (χ1n) is 11.1. The van der Waals surface area contributed by atoms with Crippen LogP contribution in [0.15, 0.2) is 60.7 Å². The van der Waals surface area contributed by atoms with Crippen LogP contribution in [-0.4, -0.2) is 35.8 Å². The smallest absolute Gasteiger partial charge is 0.328 e. The fourth-order valence-electron chi connectivity index (χ4n) is 4.19. The number of hydrogen-bond donors (Lipinski definition) is 1. The van der Waals surface area contributed by atoms with E-state index in [4.69, 9.17) is 4.74 Å². The van der Waals surface area contributed by atoms with Gasteiger partial charge in [-0.2, -0.15) is 0 Å². The van der Waals surface area contributed by atoms with E-state index in [2.05, 4.69) is 5.32 Å². The molecule has 0 spiro atoms. The van der Waals surface area contributed by atoms with E-state index in [1.807, 2.05) is 26.0 Å². The fraction of sp³-hybridized carbons (Fsp3) is 0.222. The highest BCUT2D eigenvalue weighted by Crippen LogP contribution is 2.32. The molecule has 1 N–H and O–H groups in total. The van der Waals surface area contributed by atoms with Crippen LogP contribution in [0.1, 0.15) is 40.1 Å². The van der Waals surface area contributed by atoms with Crippen LogP contribution in [-0.2, 0) is 16.1 Å². The van der Waals surface area contributed by atoms with E-state index >= 15 is 0 Å². The summed E-state index contributed by atoms with van der Waals surface area (Å²) >= 11 is 0. The van der Waals surface area contributed by atoms with Crippen molar-refractivity contribution in [2.24, 2.45) is 5.92 Å². The van der Waals surface area contributed by atoms with E-state index in [9.17, 15) is 23.2 Å². The quantitative estimate of drug-likeness (QED) is 0.504. The van der Waals surface area contributed by atoms with Gasteiger partial charge in [0.25, 0.3) is 11.8 Å². The molecule has 1 aliphatic heterocycles. The number of nitrogens with zero attached hydrogens (tertiary/aromatic N) is 1. The zero-order chi connectivity index (χ0) is 25.3. The van der Waals surface area contributed by atoms with Crippen LogP contribution in [0.2, 0.25) is 0 Å². The molecule has 4 rings (SSSR count). The third-order valence-corrected chi connectivity index (χ3v) is 6.01. The maximum absolute atomic E-state index is 13.4. The monoisotopic (exact) mass is 478 g/mol. The largest absolute Gasteiger partial charge is 0.467 e. The molecule has 1 unspecified atom stereocenters. The summed E-state index contributed by atoms with van der Waals surface area (Å²) in [4.78, 5) is 39.3. The van der Waals surface area contributed by atoms with Crippen LogP contribution in [0.5, 0.6) is 0 Å². The second kappa shape index (κ2) is 9.66. The summed E-state index contributed by atoms with van der Waals surface area (Å²) < 4.78 is 31.4. The number of nitrogens with one attached hydrogen (secondary N) is 1. The van der Waals surface area contributed by atoms with Crippen molar-refractivity contribution >= 4 is 23.5 Å². The Labute approximate surface area is 201 Å². The molecule has 6 nitrogen and oxygen atoms in total. The van der Waals surface area contributed by atoms with E-state index in [1.54, 1.807) is 35.2 Å². The van der Waals surface area contributed by atoms with Crippen molar-refractivity contribution in [2.45, 2.75) is 26.4 Å². The maximum Gasteiger partial charge on any atom is 0.328 e. The lowest BCUT2D eigenvalue weighted by atomic mass is 10.00. The van der Waals surface area contributed by atoms with Crippen molar-refractivity contribution in [2.75, 3.05) is 12.4 Å². The van der Waals surface area contributed by atoms with Crippen LogP contribution in [0, 0.1) is 17.6 Å². The number of ether oxygens (including phenoxy) is 1. The molecule has 1 heterocycles. The second-order valence-electron chi connectivity index (χ2n) is 8.68. The second-order valence-corrected chi connectivity index (χ2v) is 8.68. The average molecular weight is 478 g/mol. The minimum atomic E-state index is -1.09. The van der Waals surface area contributed by atoms with Crippen LogP contribution in [0.4, 0.5) is 14.5 Å². The number of carbonyl (C=O) groups excluding carboxylic acids is 3. The fourth-order valence-corrected chi connectivity index (χ4v) is 4.19. The van der Waals surface area contributed by atoms with Crippen LogP contribution in [0.25, 0.3) is 11.1 Å². The molecule has 0 bridgehead atoms. The molecule has 1 aliphatic rings. The van der Waals surface area contributed by atoms with E-state index in [1.165, 1.54) is 13.2 Å². The summed E-state index contributed by atoms with van der Waals surface area (Å²) in [6.07, 6.45) is 0. The predicted octanol–water partition coefficient (Wildman–Crippen LogP) is 5.04. The number of benzene rings is 3. The van der Waals surface area contributed by atoms with E-state index < -0.39 is 29.6 Å². The third kappa shape index (κ3) is 4.77. The molecule has 3 aromatic rings. The Bertz CT molecular complexity index is 1310. The summed E-state index contributed by atoms with van der Waals surface area (Å²) in [7, 11) is 1.31. The Morgan fingerprint density at radius 3 is 2.26 bits per heavy atom. The van der Waals surface area contributed by atoms with Gasteiger partial charge in [-0.3, -0.25) is 9.59 Å². The van der Waals surface area contributed by atoms with Crippen LogP contribution >= 0.6 is 0 Å². The topological polar surface area (TPSA) is 75.7 Å². The number of rotatable bonds is 6. The molecule has 0 aliphatic carbocycles. The number of halogens is 2. The molecule has 0 radical (unpaired) electrons. The molecule has 3 aromatic carbocycles. The predicted molar refractivity (Wildman–Crippen MR) is 127 cm³/mol. The normalized spacial score (nSPS) is 13.5. The van der Waals surface area contributed by atoms with Gasteiger partial charge in [0.2, 0.25) is 0 Å². The average Bonchev–Trinajstić information content (AvgIpc) is 3.16. The van der Waals surface area contributed by atoms with Gasteiger partial charge < -0.3 is 15.0 Å². The van der Waals surface area contributed by atoms with Gasteiger partial charge >= 0.3 is 5.97 Å². The van der Waals surface area contributed by atoms with Gasteiger partial charge in [0.05, 0.1) is 7.11 Å². The summed E-state index contributed by atoms with van der Waals surface area (Å²) in [6, 6.07) is 14.8. The van der Waals surface area contributed by atoms with Crippen molar-refractivity contribution in [3.63, 3.8) is 0 Å². The lowest BCUT2D eigenvalue weighted by Gasteiger charge is -2.28. The lowest BCUT2D eigenvalue weighted by Crippen LogP contribution is -2.45. The number of amides is 2. The van der Waals surface area contributed by atoms with Crippen molar-refractivity contribution in [1.29, 1.82) is 0 Å². The zero-order valence-electron chi connectivity index (χ0n) is 19.5. The molecule has 2 amide bonds. The molecular weight excluding hydrogens is 454 g/mol. The molecule has 0 aromatic heterocycles. The number of hydrogen-bond acceptors (Lipinski definition) is 4. The minimum absolute atomic E-state index is 0.00122. The molecule has 180 valence electrons. The Morgan fingerprint density at radius 1 is 0.943 bits per heavy atom. The highest BCUT2D eigenvalue weighted by molar-refractivity contribution is 6.04. The number of carbonyl (C=O) groups is 3. The molecule has 0 saturated heterocycles. The van der Waals surface area contributed by atoms with Crippen molar-refractivity contribution in [3.05, 3.63) is 89.0 Å². The molecule has 0 saturated carbocycles. The Kier molecular flexibility index (Phi) is 6.64. The Hall–Kier alpha value is -4.07. The zero-order valence-corrected chi connectivity index (χ0v) is 19.5. The summed E-state index contributed by atoms with van der Waals surface area (Å²) in [5.74, 6) is -3.45. The van der Waals surface area contributed by atoms with Gasteiger partial charge in [0, 0.05) is 23.4 Å². The molecule has 1 atom stereocenters. The Morgan fingerprint density at radius 2 is 1.63 bits per heavy atom. The van der Waals surface area contributed by atoms with Gasteiger partial charge in [-0.05, 0) is 59.0 Å². The molecule has 0 fully saturated rings. The highest BCUT2D eigenvalue weighted by Gasteiger charge is 2.38. The highest BCUT2D eigenvalue weighted by atomic mass is 19.2. The van der Waals surface area contributed by atoms with Gasteiger partial charge in [-0.25, -0.2) is 13.6 Å². The molecule has 8 heteroatoms. The van der Waals surface area contributed by atoms with Crippen LogP contribution in [0.3, 0.4) is 0 Å². The summed E-state index contributed by atoms with van der Waals surface area (Å²) in [5.41, 5.74) is 3.47. The van der Waals surface area contributed by atoms with Crippen LogP contribution < -0.4 is 5.32 Å². The standard InChI is InChI=1S/C27H24F2N2O4/c1-15(2)24(27(34)35-3)31-14-19-5-4-17(12-21(19)26(31)33)16-6-9-20(10-7-16)30-25(32)18-8-11-22(28)23(29)13-18/h4-13,15,24H,14H2,1-3H3,(H,30,32). The van der Waals surface area contributed by atoms with Crippen molar-refractivity contribution < 1.29 is 27.9 Å². The molecule has 35 heavy (non-hydrogen) atoms. The minimum Gasteiger partial charge on any atom is -0.467 e. The number of esters is 1. The van der Waals surface area contributed by atoms with E-state index in [0.717, 1.165) is 28.8 Å². The van der Waals surface area contributed by atoms with Gasteiger partial charge in [-0.1, -0.05) is 38.1 Å². The Balaban J connectivity index is 1.51. The van der Waals surface area contributed by atoms with Gasteiger partial charge in [-0.15, -0.1) is 0 Å². The molecular formula is C27H24F2N2O4. The first-order chi connectivity index (χ1) is 16.7. The van der Waals surface area contributed by atoms with E-state index in [-0.39, 0.29) is 17.4 Å². The summed E-state index contributed by atoms with van der Waals surface area (Å²) in [6.45, 7) is 4.08. The number of fused-ring (bicyclic) bond motifs is 1. The first kappa shape index (κ1) is 24.1. The maximum atomic E-state index is 13.4. The van der Waals surface area contributed by atoms with Gasteiger partial charge in [0.15, 0.2) is 11.6 Å². The van der Waals surface area contributed by atoms with Crippen molar-refractivity contribution in [1.82, 2.24) is 4.90 Å². The number of anilines is 1. The SMILES string of the molecule is COC(=O)C(C(C)C)N1Cc2ccc(-c3ccc(NC(=O)c4ccc(F)c(F)c4)cc3)cc2C1=O. The third-order valence-electron chi connectivity index (χ3n) is 6.01. The first-order valence-corrected chi connectivity index (χ1v) is 11.1. The van der Waals surface area contributed by atoms with Gasteiger partial charge in [0.1, 0.15) is 6.04 Å². The lowest BCUT2D eigenvalue weighted by molar-refractivity contribution is -0.147. The van der Waals surface area contributed by atoms with Crippen molar-refractivity contribution in [3.8, 4) is 11.1 Å².